The summed E-state index contributed by atoms with van der Waals surface area (Å²) in [6.07, 6.45) is 2.05. The van der Waals surface area contributed by atoms with E-state index in [1.54, 1.807) is 45.9 Å². The highest BCUT2D eigenvalue weighted by Gasteiger charge is 2.32. The second-order valence-corrected chi connectivity index (χ2v) is 8.85. The largest absolute Gasteiger partial charge is 0.465 e. The normalized spacial score (nSPS) is 14.2. The molecule has 0 bridgehead atoms. The summed E-state index contributed by atoms with van der Waals surface area (Å²) in [7, 11) is 7.62. The maximum atomic E-state index is 14.1. The zero-order chi connectivity index (χ0) is 24.3. The summed E-state index contributed by atoms with van der Waals surface area (Å²) in [4.78, 5) is 11.7. The fourth-order valence-electron chi connectivity index (χ4n) is 3.07. The summed E-state index contributed by atoms with van der Waals surface area (Å²) >= 11 is 0. The molecular weight excluding hydrogens is 413 g/mol. The summed E-state index contributed by atoms with van der Waals surface area (Å²) in [5, 5.41) is 18.2. The van der Waals surface area contributed by atoms with Crippen LogP contribution in [0.5, 0.6) is 0 Å². The minimum Gasteiger partial charge on any atom is -0.465 e. The van der Waals surface area contributed by atoms with Gasteiger partial charge in [-0.1, -0.05) is 11.5 Å². The van der Waals surface area contributed by atoms with E-state index >= 15 is 0 Å². The van der Waals surface area contributed by atoms with Crippen molar-refractivity contribution in [3.05, 3.63) is 70.3 Å². The van der Waals surface area contributed by atoms with Gasteiger partial charge in [-0.2, -0.15) is 0 Å². The Morgan fingerprint density at radius 3 is 2.09 bits per heavy atom. The Kier molecular flexibility index (Phi) is 8.02. The van der Waals surface area contributed by atoms with Gasteiger partial charge in [0.25, 0.3) is 0 Å². The van der Waals surface area contributed by atoms with E-state index in [2.05, 4.69) is 0 Å². The Labute approximate surface area is 189 Å². The zero-order valence-corrected chi connectivity index (χ0v) is 19.1. The van der Waals surface area contributed by atoms with E-state index in [0.29, 0.717) is 35.0 Å². The number of aryl methyl sites for hydroxylation is 1. The molecule has 3 rings (SSSR count). The molecule has 0 heterocycles. The van der Waals surface area contributed by atoms with Crippen LogP contribution in [0.3, 0.4) is 0 Å². The van der Waals surface area contributed by atoms with Gasteiger partial charge in [0.05, 0.1) is 23.9 Å². The van der Waals surface area contributed by atoms with Gasteiger partial charge in [0, 0.05) is 11.6 Å². The molecular formula is C25H29BF2O4. The number of carbonyl (C=O) groups is 1. The Hall–Kier alpha value is -2.51. The van der Waals surface area contributed by atoms with Crippen molar-refractivity contribution in [3.8, 4) is 0 Å². The molecule has 4 nitrogen and oxygen atoms in total. The molecule has 2 aromatic rings. The number of hydrogen-bond acceptors (Lipinski definition) is 4. The summed E-state index contributed by atoms with van der Waals surface area (Å²) in [6, 6.07) is 8.66. The van der Waals surface area contributed by atoms with Gasteiger partial charge in [-0.3, -0.25) is 0 Å². The van der Waals surface area contributed by atoms with Crippen LogP contribution in [-0.4, -0.2) is 42.3 Å². The van der Waals surface area contributed by atoms with E-state index in [0.717, 1.165) is 23.6 Å². The molecule has 0 aromatic heterocycles. The highest BCUT2D eigenvalue weighted by atomic mass is 19.1. The first-order valence-corrected chi connectivity index (χ1v) is 10.4. The van der Waals surface area contributed by atoms with Crippen LogP contribution < -0.4 is 0 Å². The predicted octanol–water partition coefficient (Wildman–Crippen LogP) is 4.65. The molecule has 2 radical (unpaired) electrons. The first-order chi connectivity index (χ1) is 14.8. The van der Waals surface area contributed by atoms with Crippen molar-refractivity contribution in [2.24, 2.45) is 0 Å². The van der Waals surface area contributed by atoms with Crippen molar-refractivity contribution in [3.63, 3.8) is 0 Å². The third-order valence-corrected chi connectivity index (χ3v) is 5.77. The van der Waals surface area contributed by atoms with Crippen LogP contribution in [0, 0.1) is 11.6 Å². The average molecular weight is 442 g/mol. The molecule has 2 aromatic carbocycles. The molecule has 0 amide bonds. The predicted molar refractivity (Wildman–Crippen MR) is 122 cm³/mol. The monoisotopic (exact) mass is 442 g/mol. The average Bonchev–Trinajstić information content (AvgIpc) is 2.85. The Morgan fingerprint density at radius 2 is 1.56 bits per heavy atom. The van der Waals surface area contributed by atoms with Gasteiger partial charge in [0.2, 0.25) is 0 Å². The smallest absolute Gasteiger partial charge is 0.337 e. The Balaban J connectivity index is 0.000000390. The number of halogens is 2. The number of allylic oxidation sites excluding steroid dienone is 1. The molecule has 0 spiro atoms. The molecule has 0 fully saturated rings. The lowest BCUT2D eigenvalue weighted by Gasteiger charge is -2.31. The van der Waals surface area contributed by atoms with Gasteiger partial charge in [0.15, 0.2) is 0 Å². The Morgan fingerprint density at radius 1 is 0.969 bits per heavy atom. The molecule has 0 atom stereocenters. The molecule has 32 heavy (non-hydrogen) atoms. The summed E-state index contributed by atoms with van der Waals surface area (Å²) in [5.41, 5.74) is 1.59. The summed E-state index contributed by atoms with van der Waals surface area (Å²) < 4.78 is 32.0. The van der Waals surface area contributed by atoms with E-state index < -0.39 is 28.8 Å². The SMILES string of the molecule is CC(C)(O)C(C)(C)O.[B]C1=C(c2ccc(F)cc2F)CCCc2cc(C(=O)OC)ccc21. The van der Waals surface area contributed by atoms with Gasteiger partial charge in [0.1, 0.15) is 19.5 Å². The number of rotatable bonds is 3. The second-order valence-electron chi connectivity index (χ2n) is 8.85. The molecule has 0 saturated heterocycles. The fourth-order valence-corrected chi connectivity index (χ4v) is 3.07. The van der Waals surface area contributed by atoms with Crippen LogP contribution in [0.1, 0.15) is 67.6 Å². The number of fused-ring (bicyclic) bond motifs is 1. The van der Waals surface area contributed by atoms with Crippen LogP contribution in [-0.2, 0) is 11.2 Å². The first kappa shape index (κ1) is 25.8. The molecule has 0 unspecified atom stereocenters. The van der Waals surface area contributed by atoms with E-state index in [1.165, 1.54) is 19.2 Å². The van der Waals surface area contributed by atoms with E-state index in [9.17, 15) is 13.6 Å². The van der Waals surface area contributed by atoms with Crippen molar-refractivity contribution in [2.45, 2.75) is 58.2 Å². The van der Waals surface area contributed by atoms with Crippen LogP contribution in [0.2, 0.25) is 0 Å². The molecule has 7 heteroatoms. The molecule has 1 aliphatic rings. The second kappa shape index (κ2) is 9.96. The van der Waals surface area contributed by atoms with E-state index in [1.807, 2.05) is 0 Å². The third-order valence-electron chi connectivity index (χ3n) is 5.77. The molecule has 170 valence electrons. The molecule has 2 N–H and O–H groups in total. The van der Waals surface area contributed by atoms with Gasteiger partial charge in [-0.15, -0.1) is 0 Å². The number of benzene rings is 2. The maximum Gasteiger partial charge on any atom is 0.337 e. The topological polar surface area (TPSA) is 66.8 Å². The van der Waals surface area contributed by atoms with Crippen molar-refractivity contribution in [1.82, 2.24) is 0 Å². The standard InChI is InChI=1S/C19H15BF2O2.C6H14O2/c1-24-19(23)12-5-7-14-11(9-12)3-2-4-16(18(14)20)15-8-6-13(21)10-17(15)22;1-5(2,7)6(3,4)8/h5-10H,2-4H2,1H3;7-8H,1-4H3. The summed E-state index contributed by atoms with van der Waals surface area (Å²) in [6.45, 7) is 6.31. The lowest BCUT2D eigenvalue weighted by atomic mass is 9.80. The van der Waals surface area contributed by atoms with Crippen LogP contribution >= 0.6 is 0 Å². The highest BCUT2D eigenvalue weighted by Crippen LogP contribution is 2.35. The number of aliphatic hydroxyl groups is 2. The van der Waals surface area contributed by atoms with Gasteiger partial charge in [-0.05, 0) is 87.9 Å². The molecule has 1 aliphatic carbocycles. The van der Waals surface area contributed by atoms with E-state index in [4.69, 9.17) is 22.8 Å². The minimum atomic E-state index is -1.01. The Bertz CT molecular complexity index is 1010. The lowest BCUT2D eigenvalue weighted by molar-refractivity contribution is -0.107. The van der Waals surface area contributed by atoms with Crippen LogP contribution in [0.25, 0.3) is 11.0 Å². The molecule has 0 saturated carbocycles. The third kappa shape index (κ3) is 6.05. The number of methoxy groups -OCH3 is 1. The molecule has 0 aliphatic heterocycles. The van der Waals surface area contributed by atoms with Crippen molar-refractivity contribution in [2.75, 3.05) is 7.11 Å². The number of esters is 1. The van der Waals surface area contributed by atoms with Crippen molar-refractivity contribution in [1.29, 1.82) is 0 Å². The van der Waals surface area contributed by atoms with Gasteiger partial charge < -0.3 is 14.9 Å². The van der Waals surface area contributed by atoms with Crippen molar-refractivity contribution >= 4 is 24.9 Å². The number of hydrogen-bond donors (Lipinski definition) is 2. The first-order valence-electron chi connectivity index (χ1n) is 10.4. The van der Waals surface area contributed by atoms with E-state index in [-0.39, 0.29) is 0 Å². The van der Waals surface area contributed by atoms with Gasteiger partial charge in [-0.25, -0.2) is 13.6 Å². The fraction of sp³-hybridized carbons (Fsp3) is 0.400. The number of ether oxygens (including phenoxy) is 1. The van der Waals surface area contributed by atoms with Crippen LogP contribution in [0.15, 0.2) is 36.4 Å². The van der Waals surface area contributed by atoms with Gasteiger partial charge >= 0.3 is 5.97 Å². The summed E-state index contributed by atoms with van der Waals surface area (Å²) in [5.74, 6) is -1.65. The maximum absolute atomic E-state index is 14.1. The van der Waals surface area contributed by atoms with Crippen LogP contribution in [0.4, 0.5) is 8.78 Å². The number of carbonyl (C=O) groups excluding carboxylic acids is 1. The highest BCUT2D eigenvalue weighted by molar-refractivity contribution is 6.47. The quantitative estimate of drug-likeness (QED) is 0.537. The lowest BCUT2D eigenvalue weighted by Crippen LogP contribution is -2.44. The zero-order valence-electron chi connectivity index (χ0n) is 19.1. The van der Waals surface area contributed by atoms with Crippen molar-refractivity contribution < 1.29 is 28.5 Å². The minimum absolute atomic E-state index is 0.318.